The zero-order chi connectivity index (χ0) is 24.2. The van der Waals surface area contributed by atoms with E-state index in [0.29, 0.717) is 30.1 Å². The van der Waals surface area contributed by atoms with E-state index in [0.717, 1.165) is 69.8 Å². The molecular weight excluding hydrogens is 432 g/mol. The van der Waals surface area contributed by atoms with Gasteiger partial charge in [-0.25, -0.2) is 0 Å². The number of amides is 1. The van der Waals surface area contributed by atoms with E-state index in [1.165, 1.54) is 11.1 Å². The van der Waals surface area contributed by atoms with Crippen LogP contribution in [0.15, 0.2) is 12.1 Å². The Bertz CT molecular complexity index is 847. The summed E-state index contributed by atoms with van der Waals surface area (Å²) in [6.07, 6.45) is 6.01. The Kier molecular flexibility index (Phi) is 8.38. The zero-order valence-electron chi connectivity index (χ0n) is 21.5. The summed E-state index contributed by atoms with van der Waals surface area (Å²) in [5.74, 6) is 3.45. The molecule has 1 saturated heterocycles. The summed E-state index contributed by atoms with van der Waals surface area (Å²) in [7, 11) is 9.09. The van der Waals surface area contributed by atoms with Crippen LogP contribution in [0, 0.1) is 11.8 Å². The molecule has 190 valence electrons. The topological polar surface area (TPSA) is 60.5 Å². The molecule has 4 rings (SSSR count). The summed E-state index contributed by atoms with van der Waals surface area (Å²) in [5, 5.41) is 0. The predicted octanol–water partition coefficient (Wildman–Crippen LogP) is 3.34. The van der Waals surface area contributed by atoms with Crippen molar-refractivity contribution in [1.82, 2.24) is 9.80 Å². The van der Waals surface area contributed by atoms with Gasteiger partial charge in [-0.15, -0.1) is 0 Å². The van der Waals surface area contributed by atoms with Gasteiger partial charge in [0.05, 0.1) is 26.4 Å². The number of hydrogen-bond acceptors (Lipinski definition) is 6. The predicted molar refractivity (Wildman–Crippen MR) is 132 cm³/mol. The molecule has 0 aromatic heterocycles. The molecule has 1 saturated carbocycles. The molecule has 7 heteroatoms. The summed E-state index contributed by atoms with van der Waals surface area (Å²) in [6, 6.07) is 4.24. The van der Waals surface area contributed by atoms with Crippen LogP contribution in [0.1, 0.15) is 49.1 Å². The number of rotatable bonds is 10. The van der Waals surface area contributed by atoms with Crippen molar-refractivity contribution < 1.29 is 23.7 Å². The second-order valence-electron chi connectivity index (χ2n) is 10.3. The fourth-order valence-electron chi connectivity index (χ4n) is 6.32. The molecule has 3 aliphatic rings. The first-order valence-electron chi connectivity index (χ1n) is 12.7. The van der Waals surface area contributed by atoms with Gasteiger partial charge in [0.15, 0.2) is 11.5 Å². The van der Waals surface area contributed by atoms with Crippen LogP contribution in [0.25, 0.3) is 0 Å². The number of benzene rings is 1. The van der Waals surface area contributed by atoms with Crippen LogP contribution >= 0.6 is 0 Å². The van der Waals surface area contributed by atoms with Crippen molar-refractivity contribution in [2.24, 2.45) is 11.8 Å². The zero-order valence-corrected chi connectivity index (χ0v) is 21.5. The minimum absolute atomic E-state index is 0.108. The third-order valence-electron chi connectivity index (χ3n) is 8.37. The van der Waals surface area contributed by atoms with E-state index < -0.39 is 0 Å². The van der Waals surface area contributed by atoms with E-state index in [2.05, 4.69) is 29.0 Å². The first kappa shape index (κ1) is 25.3. The smallest absolute Gasteiger partial charge is 0.222 e. The van der Waals surface area contributed by atoms with E-state index in [1.54, 1.807) is 28.4 Å². The Hall–Kier alpha value is -1.83. The molecular formula is C27H42N2O5. The number of likely N-dealkylation sites (tertiary alicyclic amines) is 1. The van der Waals surface area contributed by atoms with Crippen LogP contribution in [0.3, 0.4) is 0 Å². The van der Waals surface area contributed by atoms with Gasteiger partial charge < -0.3 is 28.7 Å². The molecule has 2 aliphatic carbocycles. The molecule has 1 aromatic carbocycles. The maximum Gasteiger partial charge on any atom is 0.222 e. The summed E-state index contributed by atoms with van der Waals surface area (Å²) in [6.45, 7) is 3.73. The van der Waals surface area contributed by atoms with E-state index in [-0.39, 0.29) is 12.2 Å². The molecule has 0 N–H and O–H groups in total. The minimum atomic E-state index is 0.108. The standard InChI is InChI=1S/C27H42N2O5/c1-28(17-21-11-20-14-25(33-4)26(34-5)16-22(20)21)8-6-9-29-10-7-18-12-23(31-2)24(32-3)13-19(18)15-27(29)30/h14,16,18-19,21,23-24H,6-13,15,17H2,1-5H3/t18?,19?,21-,23?,24?/m1/s1. The molecule has 1 aromatic rings. The van der Waals surface area contributed by atoms with Crippen molar-refractivity contribution in [3.63, 3.8) is 0 Å². The van der Waals surface area contributed by atoms with Crippen LogP contribution in [-0.2, 0) is 20.7 Å². The van der Waals surface area contributed by atoms with Crippen LogP contribution in [0.4, 0.5) is 0 Å². The van der Waals surface area contributed by atoms with Gasteiger partial charge >= 0.3 is 0 Å². The van der Waals surface area contributed by atoms with Crippen molar-refractivity contribution in [3.8, 4) is 11.5 Å². The highest BCUT2D eigenvalue weighted by Gasteiger charge is 2.40. The Morgan fingerprint density at radius 3 is 2.32 bits per heavy atom. The van der Waals surface area contributed by atoms with Gasteiger partial charge in [0, 0.05) is 46.2 Å². The molecule has 0 bridgehead atoms. The summed E-state index contributed by atoms with van der Waals surface area (Å²) >= 11 is 0. The number of carbonyl (C=O) groups is 1. The lowest BCUT2D eigenvalue weighted by molar-refractivity contribution is -0.132. The first-order chi connectivity index (χ1) is 16.5. The number of likely N-dealkylation sites (N-methyl/N-ethyl adjacent to an activating group) is 1. The Balaban J connectivity index is 1.24. The molecule has 1 aliphatic heterocycles. The molecule has 4 unspecified atom stereocenters. The van der Waals surface area contributed by atoms with Crippen LogP contribution in [-0.4, -0.2) is 89.6 Å². The molecule has 7 nitrogen and oxygen atoms in total. The van der Waals surface area contributed by atoms with Gasteiger partial charge in [0.1, 0.15) is 0 Å². The maximum atomic E-state index is 13.0. The van der Waals surface area contributed by atoms with Gasteiger partial charge in [-0.2, -0.15) is 0 Å². The largest absolute Gasteiger partial charge is 0.493 e. The number of carbonyl (C=O) groups excluding carboxylic acids is 1. The van der Waals surface area contributed by atoms with Crippen molar-refractivity contribution in [2.75, 3.05) is 61.7 Å². The van der Waals surface area contributed by atoms with E-state index in [4.69, 9.17) is 18.9 Å². The molecule has 0 radical (unpaired) electrons. The third kappa shape index (κ3) is 5.37. The SMILES string of the molecule is COc1cc2c(cc1OC)[C@@H](CN(C)CCCN1CCC3CC(OC)C(OC)CC3CC1=O)C2. The van der Waals surface area contributed by atoms with E-state index >= 15 is 0 Å². The second kappa shape index (κ2) is 11.3. The number of methoxy groups -OCH3 is 4. The highest BCUT2D eigenvalue weighted by atomic mass is 16.5. The van der Waals surface area contributed by atoms with Crippen molar-refractivity contribution in [3.05, 3.63) is 23.3 Å². The van der Waals surface area contributed by atoms with Crippen molar-refractivity contribution >= 4 is 5.91 Å². The maximum absolute atomic E-state index is 13.0. The van der Waals surface area contributed by atoms with Gasteiger partial charge in [0.25, 0.3) is 0 Å². The average Bonchev–Trinajstić information content (AvgIpc) is 2.98. The van der Waals surface area contributed by atoms with Gasteiger partial charge in [-0.1, -0.05) is 0 Å². The number of ether oxygens (including phenoxy) is 4. The molecule has 34 heavy (non-hydrogen) atoms. The third-order valence-corrected chi connectivity index (χ3v) is 8.37. The Morgan fingerprint density at radius 2 is 1.65 bits per heavy atom. The number of nitrogens with zero attached hydrogens (tertiary/aromatic N) is 2. The average molecular weight is 475 g/mol. The minimum Gasteiger partial charge on any atom is -0.493 e. The number of fused-ring (bicyclic) bond motifs is 2. The monoisotopic (exact) mass is 474 g/mol. The Morgan fingerprint density at radius 1 is 0.971 bits per heavy atom. The lowest BCUT2D eigenvalue weighted by Crippen LogP contribution is -2.41. The molecule has 0 spiro atoms. The highest BCUT2D eigenvalue weighted by Crippen LogP contribution is 2.43. The Labute approximate surface area is 204 Å². The molecule has 1 heterocycles. The lowest BCUT2D eigenvalue weighted by Gasteiger charge is -2.39. The van der Waals surface area contributed by atoms with E-state index in [9.17, 15) is 4.79 Å². The van der Waals surface area contributed by atoms with Crippen molar-refractivity contribution in [1.29, 1.82) is 0 Å². The quantitative estimate of drug-likeness (QED) is 0.518. The fraction of sp³-hybridized carbons (Fsp3) is 0.741. The molecule has 2 fully saturated rings. The van der Waals surface area contributed by atoms with Gasteiger partial charge in [-0.05, 0) is 80.8 Å². The fourth-order valence-corrected chi connectivity index (χ4v) is 6.32. The highest BCUT2D eigenvalue weighted by molar-refractivity contribution is 5.76. The second-order valence-corrected chi connectivity index (χ2v) is 10.3. The molecule has 1 amide bonds. The molecule has 5 atom stereocenters. The van der Waals surface area contributed by atoms with Crippen LogP contribution in [0.2, 0.25) is 0 Å². The summed E-state index contributed by atoms with van der Waals surface area (Å²) in [4.78, 5) is 17.5. The summed E-state index contributed by atoms with van der Waals surface area (Å²) in [5.41, 5.74) is 2.73. The van der Waals surface area contributed by atoms with Crippen LogP contribution < -0.4 is 9.47 Å². The van der Waals surface area contributed by atoms with Gasteiger partial charge in [0.2, 0.25) is 5.91 Å². The van der Waals surface area contributed by atoms with E-state index in [1.807, 2.05) is 0 Å². The first-order valence-corrected chi connectivity index (χ1v) is 12.7. The summed E-state index contributed by atoms with van der Waals surface area (Å²) < 4.78 is 22.2. The van der Waals surface area contributed by atoms with Crippen molar-refractivity contribution in [2.45, 2.75) is 56.7 Å². The van der Waals surface area contributed by atoms with Gasteiger partial charge in [-0.3, -0.25) is 4.79 Å². The lowest BCUT2D eigenvalue weighted by atomic mass is 9.74. The number of hydrogen-bond donors (Lipinski definition) is 0. The normalized spacial score (nSPS) is 28.7. The van der Waals surface area contributed by atoms with Crippen LogP contribution in [0.5, 0.6) is 11.5 Å².